The van der Waals surface area contributed by atoms with Gasteiger partial charge in [-0.25, -0.2) is 0 Å². The highest BCUT2D eigenvalue weighted by Gasteiger charge is 2.05. The molecule has 1 aromatic carbocycles. The second-order valence-corrected chi connectivity index (χ2v) is 4.41. The molecule has 2 aromatic rings. The monoisotopic (exact) mass is 247 g/mol. The molecule has 1 unspecified atom stereocenters. The minimum Gasteiger partial charge on any atom is -0.362 e. The van der Waals surface area contributed by atoms with Crippen LogP contribution in [0.5, 0.6) is 0 Å². The van der Waals surface area contributed by atoms with E-state index in [2.05, 4.69) is 22.4 Å². The van der Waals surface area contributed by atoms with E-state index in [0.717, 1.165) is 22.1 Å². The van der Waals surface area contributed by atoms with Gasteiger partial charge in [-0.1, -0.05) is 23.7 Å². The number of aromatic nitrogens is 2. The summed E-state index contributed by atoms with van der Waals surface area (Å²) in [7, 11) is 0. The van der Waals surface area contributed by atoms with E-state index in [-0.39, 0.29) is 6.04 Å². The molecule has 1 atom stereocenters. The standard InChI is InChI=1S/C13H14ClN3/c1-9-3-8-13(17-16-9)15-10(2)11-4-6-12(14)7-5-11/h3-8,10H,1-2H3,(H,15,17). The first-order valence-electron chi connectivity index (χ1n) is 5.47. The second-order valence-electron chi connectivity index (χ2n) is 3.98. The average Bonchev–Trinajstić information content (AvgIpc) is 2.33. The van der Waals surface area contributed by atoms with Crippen LogP contribution in [0.15, 0.2) is 36.4 Å². The summed E-state index contributed by atoms with van der Waals surface area (Å²) in [6, 6.07) is 11.8. The number of benzene rings is 1. The molecule has 88 valence electrons. The molecule has 0 aliphatic rings. The van der Waals surface area contributed by atoms with Gasteiger partial charge < -0.3 is 5.32 Å². The van der Waals surface area contributed by atoms with Gasteiger partial charge in [-0.15, -0.1) is 5.10 Å². The maximum absolute atomic E-state index is 5.85. The molecule has 0 radical (unpaired) electrons. The molecule has 0 saturated carbocycles. The van der Waals surface area contributed by atoms with Crippen molar-refractivity contribution in [1.29, 1.82) is 0 Å². The second kappa shape index (κ2) is 5.15. The van der Waals surface area contributed by atoms with Gasteiger partial charge in [-0.2, -0.15) is 5.10 Å². The number of nitrogens with zero attached hydrogens (tertiary/aromatic N) is 2. The number of nitrogens with one attached hydrogen (secondary N) is 1. The summed E-state index contributed by atoms with van der Waals surface area (Å²) in [5.41, 5.74) is 2.08. The van der Waals surface area contributed by atoms with Crippen molar-refractivity contribution in [2.75, 3.05) is 5.32 Å². The minimum atomic E-state index is 0.171. The predicted molar refractivity (Wildman–Crippen MR) is 70.3 cm³/mol. The molecule has 17 heavy (non-hydrogen) atoms. The summed E-state index contributed by atoms with van der Waals surface area (Å²) in [5, 5.41) is 12.1. The lowest BCUT2D eigenvalue weighted by atomic mass is 10.1. The molecule has 1 heterocycles. The third kappa shape index (κ3) is 3.17. The lowest BCUT2D eigenvalue weighted by molar-refractivity contribution is 0.855. The van der Waals surface area contributed by atoms with Crippen molar-refractivity contribution in [1.82, 2.24) is 10.2 Å². The number of hydrogen-bond acceptors (Lipinski definition) is 3. The Kier molecular flexibility index (Phi) is 3.59. The van der Waals surface area contributed by atoms with Gasteiger partial charge in [0.05, 0.1) is 11.7 Å². The van der Waals surface area contributed by atoms with Crippen molar-refractivity contribution in [2.24, 2.45) is 0 Å². The molecule has 0 fully saturated rings. The lowest BCUT2D eigenvalue weighted by Crippen LogP contribution is -2.08. The van der Waals surface area contributed by atoms with Crippen LogP contribution in [0.1, 0.15) is 24.2 Å². The SMILES string of the molecule is Cc1ccc(NC(C)c2ccc(Cl)cc2)nn1. The van der Waals surface area contributed by atoms with Crippen LogP contribution in [0.2, 0.25) is 5.02 Å². The van der Waals surface area contributed by atoms with Crippen molar-refractivity contribution in [3.8, 4) is 0 Å². The Morgan fingerprint density at radius 3 is 2.35 bits per heavy atom. The van der Waals surface area contributed by atoms with Crippen LogP contribution in [-0.2, 0) is 0 Å². The average molecular weight is 248 g/mol. The van der Waals surface area contributed by atoms with Crippen molar-refractivity contribution in [2.45, 2.75) is 19.9 Å². The Hall–Kier alpha value is -1.61. The van der Waals surface area contributed by atoms with E-state index >= 15 is 0 Å². The molecule has 1 N–H and O–H groups in total. The molecule has 0 amide bonds. The third-order valence-electron chi connectivity index (χ3n) is 2.53. The number of anilines is 1. The Bertz CT molecular complexity index is 479. The molecule has 4 heteroatoms. The zero-order valence-corrected chi connectivity index (χ0v) is 10.6. The zero-order chi connectivity index (χ0) is 12.3. The van der Waals surface area contributed by atoms with Gasteiger partial charge in [0.1, 0.15) is 5.82 Å². The molecule has 0 bridgehead atoms. The van der Waals surface area contributed by atoms with Crippen LogP contribution < -0.4 is 5.32 Å². The fraction of sp³-hybridized carbons (Fsp3) is 0.231. The summed E-state index contributed by atoms with van der Waals surface area (Å²) in [4.78, 5) is 0. The Labute approximate surface area is 106 Å². The third-order valence-corrected chi connectivity index (χ3v) is 2.78. The normalized spacial score (nSPS) is 12.2. The number of rotatable bonds is 3. The molecule has 1 aromatic heterocycles. The highest BCUT2D eigenvalue weighted by molar-refractivity contribution is 6.30. The topological polar surface area (TPSA) is 37.8 Å². The van der Waals surface area contributed by atoms with E-state index in [1.165, 1.54) is 0 Å². The summed E-state index contributed by atoms with van der Waals surface area (Å²) >= 11 is 5.85. The molecular weight excluding hydrogens is 234 g/mol. The first-order valence-corrected chi connectivity index (χ1v) is 5.85. The van der Waals surface area contributed by atoms with E-state index in [0.29, 0.717) is 0 Å². The first-order chi connectivity index (χ1) is 8.15. The van der Waals surface area contributed by atoms with Gasteiger partial charge in [-0.3, -0.25) is 0 Å². The maximum atomic E-state index is 5.85. The van der Waals surface area contributed by atoms with Gasteiger partial charge in [0, 0.05) is 5.02 Å². The number of aryl methyl sites for hydroxylation is 1. The molecule has 0 aliphatic heterocycles. The molecule has 0 aliphatic carbocycles. The first kappa shape index (κ1) is 11.9. The van der Waals surface area contributed by atoms with Crippen LogP contribution in [0.3, 0.4) is 0 Å². The van der Waals surface area contributed by atoms with E-state index < -0.39 is 0 Å². The Morgan fingerprint density at radius 1 is 1.06 bits per heavy atom. The van der Waals surface area contributed by atoms with Crippen molar-refractivity contribution >= 4 is 17.4 Å². The van der Waals surface area contributed by atoms with Crippen molar-refractivity contribution in [3.05, 3.63) is 52.7 Å². The van der Waals surface area contributed by atoms with Gasteiger partial charge in [0.2, 0.25) is 0 Å². The molecule has 0 spiro atoms. The largest absolute Gasteiger partial charge is 0.362 e. The summed E-state index contributed by atoms with van der Waals surface area (Å²) in [5.74, 6) is 0.776. The zero-order valence-electron chi connectivity index (χ0n) is 9.81. The lowest BCUT2D eigenvalue weighted by Gasteiger charge is -2.14. The summed E-state index contributed by atoms with van der Waals surface area (Å²) < 4.78 is 0. The quantitative estimate of drug-likeness (QED) is 0.900. The summed E-state index contributed by atoms with van der Waals surface area (Å²) in [6.07, 6.45) is 0. The molecule has 0 saturated heterocycles. The van der Waals surface area contributed by atoms with Crippen molar-refractivity contribution < 1.29 is 0 Å². The maximum Gasteiger partial charge on any atom is 0.149 e. The minimum absolute atomic E-state index is 0.171. The number of halogens is 1. The Balaban J connectivity index is 2.08. The van der Waals surface area contributed by atoms with Gasteiger partial charge in [-0.05, 0) is 43.7 Å². The summed E-state index contributed by atoms with van der Waals surface area (Å²) in [6.45, 7) is 3.99. The van der Waals surface area contributed by atoms with Crippen LogP contribution in [0, 0.1) is 6.92 Å². The fourth-order valence-electron chi connectivity index (χ4n) is 1.53. The van der Waals surface area contributed by atoms with Crippen LogP contribution in [0.25, 0.3) is 0 Å². The van der Waals surface area contributed by atoms with Gasteiger partial charge >= 0.3 is 0 Å². The highest BCUT2D eigenvalue weighted by atomic mass is 35.5. The smallest absolute Gasteiger partial charge is 0.149 e. The molecule has 2 rings (SSSR count). The van der Waals surface area contributed by atoms with E-state index in [1.807, 2.05) is 43.3 Å². The van der Waals surface area contributed by atoms with Crippen molar-refractivity contribution in [3.63, 3.8) is 0 Å². The highest BCUT2D eigenvalue weighted by Crippen LogP contribution is 2.19. The van der Waals surface area contributed by atoms with E-state index in [9.17, 15) is 0 Å². The van der Waals surface area contributed by atoms with E-state index in [4.69, 9.17) is 11.6 Å². The van der Waals surface area contributed by atoms with Gasteiger partial charge in [0.15, 0.2) is 0 Å². The van der Waals surface area contributed by atoms with Gasteiger partial charge in [0.25, 0.3) is 0 Å². The van der Waals surface area contributed by atoms with Crippen LogP contribution in [0.4, 0.5) is 5.82 Å². The fourth-order valence-corrected chi connectivity index (χ4v) is 1.66. The molecule has 3 nitrogen and oxygen atoms in total. The Morgan fingerprint density at radius 2 is 1.76 bits per heavy atom. The van der Waals surface area contributed by atoms with E-state index in [1.54, 1.807) is 0 Å². The predicted octanol–water partition coefficient (Wildman–Crippen LogP) is 3.61. The van der Waals surface area contributed by atoms with Crippen LogP contribution >= 0.6 is 11.6 Å². The van der Waals surface area contributed by atoms with Crippen LogP contribution in [-0.4, -0.2) is 10.2 Å². The number of hydrogen-bond donors (Lipinski definition) is 1. The molecular formula is C13H14ClN3.